The molecule has 2 rings (SSSR count). The molecule has 2 aromatic heterocycles. The average Bonchev–Trinajstić information content (AvgIpc) is 2.66. The Morgan fingerprint density at radius 3 is 2.93 bits per heavy atom. The first kappa shape index (κ1) is 9.72. The molecular weight excluding hydrogens is 192 g/mol. The molecule has 6 heteroatoms. The molecule has 0 atom stereocenters. The zero-order valence-corrected chi connectivity index (χ0v) is 8.46. The van der Waals surface area contributed by atoms with Crippen molar-refractivity contribution in [3.05, 3.63) is 35.9 Å². The lowest BCUT2D eigenvalue weighted by atomic mass is 10.3. The molecule has 0 unspecified atom stereocenters. The maximum absolute atomic E-state index is 4.19. The second-order valence-electron chi connectivity index (χ2n) is 3.12. The zero-order valence-electron chi connectivity index (χ0n) is 8.46. The third-order valence-corrected chi connectivity index (χ3v) is 1.87. The molecule has 0 spiro atoms. The van der Waals surface area contributed by atoms with Crippen LogP contribution >= 0.6 is 0 Å². The van der Waals surface area contributed by atoms with E-state index in [1.54, 1.807) is 13.2 Å². The van der Waals surface area contributed by atoms with Gasteiger partial charge in [-0.2, -0.15) is 4.80 Å². The first-order valence-electron chi connectivity index (χ1n) is 4.68. The normalized spacial score (nSPS) is 10.5. The van der Waals surface area contributed by atoms with Crippen molar-refractivity contribution < 1.29 is 0 Å². The van der Waals surface area contributed by atoms with Crippen molar-refractivity contribution in [2.45, 2.75) is 13.1 Å². The van der Waals surface area contributed by atoms with Crippen LogP contribution in [0.3, 0.4) is 0 Å². The fourth-order valence-corrected chi connectivity index (χ4v) is 1.20. The van der Waals surface area contributed by atoms with Crippen LogP contribution in [0.1, 0.15) is 11.5 Å². The molecule has 0 radical (unpaired) electrons. The molecule has 1 N–H and O–H groups in total. The van der Waals surface area contributed by atoms with Gasteiger partial charge in [0.2, 0.25) is 0 Å². The highest BCUT2D eigenvalue weighted by molar-refractivity contribution is 5.02. The molecule has 0 fully saturated rings. The van der Waals surface area contributed by atoms with Crippen molar-refractivity contribution in [2.24, 2.45) is 7.05 Å². The molecule has 15 heavy (non-hydrogen) atoms. The highest BCUT2D eigenvalue weighted by atomic mass is 15.6. The van der Waals surface area contributed by atoms with E-state index in [0.717, 1.165) is 5.69 Å². The van der Waals surface area contributed by atoms with Gasteiger partial charge in [-0.25, -0.2) is 0 Å². The monoisotopic (exact) mass is 204 g/mol. The van der Waals surface area contributed by atoms with Crippen molar-refractivity contribution >= 4 is 0 Å². The number of nitrogens with one attached hydrogen (secondary N) is 1. The third kappa shape index (κ3) is 2.81. The number of nitrogens with zero attached hydrogens (tertiary/aromatic N) is 5. The molecule has 0 aliphatic heterocycles. The van der Waals surface area contributed by atoms with Crippen LogP contribution in [0.5, 0.6) is 0 Å². The summed E-state index contributed by atoms with van der Waals surface area (Å²) in [6.07, 6.45) is 1.78. The highest BCUT2D eigenvalue weighted by Gasteiger charge is 1.99. The standard InChI is InChI=1S/C9H12N6/c1-15-13-9(12-14-15)7-10-6-8-4-2-3-5-11-8/h2-5,10H,6-7H2,1H3. The lowest BCUT2D eigenvalue weighted by Gasteiger charge is -2.00. The number of pyridine rings is 1. The number of tetrazole rings is 1. The molecule has 0 bridgehead atoms. The van der Waals surface area contributed by atoms with E-state index in [4.69, 9.17) is 0 Å². The molecule has 0 aliphatic rings. The summed E-state index contributed by atoms with van der Waals surface area (Å²) in [5.41, 5.74) is 1.00. The van der Waals surface area contributed by atoms with Crippen LogP contribution in [0, 0.1) is 0 Å². The van der Waals surface area contributed by atoms with Crippen molar-refractivity contribution in [2.75, 3.05) is 0 Å². The Labute approximate surface area is 87.3 Å². The van der Waals surface area contributed by atoms with Gasteiger partial charge in [0, 0.05) is 12.7 Å². The maximum Gasteiger partial charge on any atom is 0.188 e. The van der Waals surface area contributed by atoms with Gasteiger partial charge in [0.25, 0.3) is 0 Å². The molecule has 0 saturated carbocycles. The zero-order chi connectivity index (χ0) is 10.5. The van der Waals surface area contributed by atoms with Gasteiger partial charge < -0.3 is 5.32 Å². The van der Waals surface area contributed by atoms with Crippen LogP contribution < -0.4 is 5.32 Å². The van der Waals surface area contributed by atoms with Crippen molar-refractivity contribution in [1.29, 1.82) is 0 Å². The minimum absolute atomic E-state index is 0.602. The van der Waals surface area contributed by atoms with E-state index < -0.39 is 0 Å². The lowest BCUT2D eigenvalue weighted by molar-refractivity contribution is 0.617. The Balaban J connectivity index is 1.80. The molecule has 0 aliphatic carbocycles. The molecule has 0 saturated heterocycles. The van der Waals surface area contributed by atoms with Crippen LogP contribution in [0.25, 0.3) is 0 Å². The van der Waals surface area contributed by atoms with Crippen molar-refractivity contribution in [3.63, 3.8) is 0 Å². The largest absolute Gasteiger partial charge is 0.304 e. The minimum Gasteiger partial charge on any atom is -0.304 e. The van der Waals surface area contributed by atoms with E-state index in [1.165, 1.54) is 4.80 Å². The molecule has 2 heterocycles. The number of hydrogen-bond acceptors (Lipinski definition) is 5. The Morgan fingerprint density at radius 1 is 1.33 bits per heavy atom. The SMILES string of the molecule is Cn1nnc(CNCc2ccccn2)n1. The molecular formula is C9H12N6. The molecule has 0 aromatic carbocycles. The first-order chi connectivity index (χ1) is 7.34. The van der Waals surface area contributed by atoms with Gasteiger partial charge in [0.15, 0.2) is 5.82 Å². The number of aromatic nitrogens is 5. The van der Waals surface area contributed by atoms with E-state index in [2.05, 4.69) is 25.7 Å². The number of hydrogen-bond donors (Lipinski definition) is 1. The maximum atomic E-state index is 4.19. The van der Waals surface area contributed by atoms with Crippen molar-refractivity contribution in [3.8, 4) is 0 Å². The van der Waals surface area contributed by atoms with E-state index in [0.29, 0.717) is 18.9 Å². The summed E-state index contributed by atoms with van der Waals surface area (Å²) in [5.74, 6) is 0.688. The quantitative estimate of drug-likeness (QED) is 0.753. The van der Waals surface area contributed by atoms with E-state index >= 15 is 0 Å². The summed E-state index contributed by atoms with van der Waals surface area (Å²) in [7, 11) is 1.75. The summed E-state index contributed by atoms with van der Waals surface area (Å²) >= 11 is 0. The second kappa shape index (κ2) is 4.61. The van der Waals surface area contributed by atoms with Crippen LogP contribution in [-0.2, 0) is 20.1 Å². The smallest absolute Gasteiger partial charge is 0.188 e. The number of rotatable bonds is 4. The summed E-state index contributed by atoms with van der Waals surface area (Å²) in [5, 5.41) is 14.9. The Hall–Kier alpha value is -1.82. The summed E-state index contributed by atoms with van der Waals surface area (Å²) in [6, 6.07) is 5.83. The summed E-state index contributed by atoms with van der Waals surface area (Å²) in [6.45, 7) is 1.31. The van der Waals surface area contributed by atoms with E-state index in [-0.39, 0.29) is 0 Å². The Kier molecular flexibility index (Phi) is 2.99. The molecule has 6 nitrogen and oxygen atoms in total. The average molecular weight is 204 g/mol. The summed E-state index contributed by atoms with van der Waals surface area (Å²) < 4.78 is 0. The van der Waals surface area contributed by atoms with Gasteiger partial charge >= 0.3 is 0 Å². The van der Waals surface area contributed by atoms with Crippen LogP contribution in [0.2, 0.25) is 0 Å². The molecule has 78 valence electrons. The van der Waals surface area contributed by atoms with Gasteiger partial charge in [0.05, 0.1) is 19.3 Å². The minimum atomic E-state index is 0.602. The third-order valence-electron chi connectivity index (χ3n) is 1.87. The predicted octanol–water partition coefficient (Wildman–Crippen LogP) is -0.105. The van der Waals surface area contributed by atoms with Gasteiger partial charge in [-0.3, -0.25) is 4.98 Å². The molecule has 0 amide bonds. The fourth-order valence-electron chi connectivity index (χ4n) is 1.20. The Bertz CT molecular complexity index is 410. The van der Waals surface area contributed by atoms with Crippen LogP contribution in [0.4, 0.5) is 0 Å². The van der Waals surface area contributed by atoms with E-state index in [9.17, 15) is 0 Å². The topological polar surface area (TPSA) is 68.5 Å². The van der Waals surface area contributed by atoms with Crippen molar-refractivity contribution in [1.82, 2.24) is 30.5 Å². The second-order valence-corrected chi connectivity index (χ2v) is 3.12. The first-order valence-corrected chi connectivity index (χ1v) is 4.68. The van der Waals surface area contributed by atoms with Gasteiger partial charge in [-0.15, -0.1) is 10.2 Å². The molecule has 2 aromatic rings. The highest BCUT2D eigenvalue weighted by Crippen LogP contribution is 1.93. The fraction of sp³-hybridized carbons (Fsp3) is 0.333. The lowest BCUT2D eigenvalue weighted by Crippen LogP contribution is -2.14. The number of aryl methyl sites for hydroxylation is 1. The Morgan fingerprint density at radius 2 is 2.27 bits per heavy atom. The summed E-state index contributed by atoms with van der Waals surface area (Å²) in [4.78, 5) is 5.63. The van der Waals surface area contributed by atoms with Gasteiger partial charge in [-0.05, 0) is 17.3 Å². The predicted molar refractivity (Wildman–Crippen MR) is 53.6 cm³/mol. The van der Waals surface area contributed by atoms with Gasteiger partial charge in [-0.1, -0.05) is 6.07 Å². The van der Waals surface area contributed by atoms with Crippen LogP contribution in [0.15, 0.2) is 24.4 Å². The van der Waals surface area contributed by atoms with Gasteiger partial charge in [0.1, 0.15) is 0 Å². The van der Waals surface area contributed by atoms with E-state index in [1.807, 2.05) is 18.2 Å². The van der Waals surface area contributed by atoms with Crippen LogP contribution in [-0.4, -0.2) is 25.2 Å².